The number of nitrogens with one attached hydrogen (secondary N) is 2. The standard InChI is InChI=1S/C16H21N3O3/c20-16(15-10-11-1-2-12(15)9-11)18-8-7-17-13-3-5-14(6-4-13)19(21)22/h3-6,11-12,15,17H,1-2,7-10H2,(H,18,20)/t11-,12-,15+/m0/s1. The SMILES string of the molecule is O=C(NCCNc1ccc([N+](=O)[O-])cc1)[C@@H]1C[C@H]2CC[C@H]1C2. The number of hydrogen-bond donors (Lipinski definition) is 2. The van der Waals surface area contributed by atoms with Crippen LogP contribution in [-0.4, -0.2) is 23.9 Å². The monoisotopic (exact) mass is 303 g/mol. The third kappa shape index (κ3) is 3.21. The van der Waals surface area contributed by atoms with Gasteiger partial charge in [-0.3, -0.25) is 14.9 Å². The van der Waals surface area contributed by atoms with E-state index in [9.17, 15) is 14.9 Å². The maximum absolute atomic E-state index is 12.2. The van der Waals surface area contributed by atoms with Gasteiger partial charge in [-0.05, 0) is 43.2 Å². The number of nitro groups is 1. The van der Waals surface area contributed by atoms with Gasteiger partial charge in [-0.15, -0.1) is 0 Å². The number of benzene rings is 1. The molecule has 0 aromatic heterocycles. The lowest BCUT2D eigenvalue weighted by molar-refractivity contribution is -0.384. The molecule has 2 aliphatic carbocycles. The van der Waals surface area contributed by atoms with Crippen molar-refractivity contribution in [2.24, 2.45) is 17.8 Å². The average Bonchev–Trinajstić information content (AvgIpc) is 3.14. The number of nitrogens with zero attached hydrogens (tertiary/aromatic N) is 1. The molecule has 0 spiro atoms. The van der Waals surface area contributed by atoms with E-state index in [-0.39, 0.29) is 17.5 Å². The summed E-state index contributed by atoms with van der Waals surface area (Å²) in [6.45, 7) is 1.19. The zero-order chi connectivity index (χ0) is 15.5. The summed E-state index contributed by atoms with van der Waals surface area (Å²) in [4.78, 5) is 22.3. The van der Waals surface area contributed by atoms with Crippen LogP contribution in [0.3, 0.4) is 0 Å². The van der Waals surface area contributed by atoms with Crippen LogP contribution in [-0.2, 0) is 4.79 Å². The topological polar surface area (TPSA) is 84.3 Å². The predicted octanol–water partition coefficient (Wildman–Crippen LogP) is 2.56. The second-order valence-electron chi connectivity index (χ2n) is 6.30. The first-order valence-electron chi connectivity index (χ1n) is 7.89. The lowest BCUT2D eigenvalue weighted by atomic mass is 9.88. The molecule has 2 N–H and O–H groups in total. The van der Waals surface area contributed by atoms with Gasteiger partial charge < -0.3 is 10.6 Å². The van der Waals surface area contributed by atoms with E-state index in [0.717, 1.165) is 18.0 Å². The van der Waals surface area contributed by atoms with Crippen LogP contribution in [0.1, 0.15) is 25.7 Å². The lowest BCUT2D eigenvalue weighted by Gasteiger charge is -2.20. The van der Waals surface area contributed by atoms with Gasteiger partial charge >= 0.3 is 0 Å². The molecule has 3 rings (SSSR count). The van der Waals surface area contributed by atoms with Gasteiger partial charge in [-0.2, -0.15) is 0 Å². The first-order chi connectivity index (χ1) is 10.6. The number of fused-ring (bicyclic) bond motifs is 2. The van der Waals surface area contributed by atoms with Crippen LogP contribution < -0.4 is 10.6 Å². The van der Waals surface area contributed by atoms with E-state index in [0.29, 0.717) is 19.0 Å². The number of non-ortho nitro benzene ring substituents is 1. The van der Waals surface area contributed by atoms with Crippen molar-refractivity contribution in [1.82, 2.24) is 5.32 Å². The summed E-state index contributed by atoms with van der Waals surface area (Å²) in [6.07, 6.45) is 4.81. The fraction of sp³-hybridized carbons (Fsp3) is 0.562. The Kier molecular flexibility index (Phi) is 4.27. The maximum atomic E-state index is 12.2. The Morgan fingerprint density at radius 1 is 1.18 bits per heavy atom. The van der Waals surface area contributed by atoms with Crippen molar-refractivity contribution in [3.8, 4) is 0 Å². The van der Waals surface area contributed by atoms with Gasteiger partial charge in [0.1, 0.15) is 0 Å². The molecule has 0 radical (unpaired) electrons. The van der Waals surface area contributed by atoms with Crippen molar-refractivity contribution in [1.29, 1.82) is 0 Å². The third-order valence-electron chi connectivity index (χ3n) is 4.91. The predicted molar refractivity (Wildman–Crippen MR) is 83.5 cm³/mol. The Hall–Kier alpha value is -2.11. The summed E-state index contributed by atoms with van der Waals surface area (Å²) in [5, 5.41) is 16.7. The zero-order valence-corrected chi connectivity index (χ0v) is 12.5. The molecule has 0 saturated heterocycles. The molecule has 3 atom stereocenters. The van der Waals surface area contributed by atoms with E-state index >= 15 is 0 Å². The minimum absolute atomic E-state index is 0.0788. The van der Waals surface area contributed by atoms with Crippen LogP contribution in [0.15, 0.2) is 24.3 Å². The van der Waals surface area contributed by atoms with Crippen molar-refractivity contribution in [3.05, 3.63) is 34.4 Å². The molecule has 2 bridgehead atoms. The van der Waals surface area contributed by atoms with Gasteiger partial charge in [0, 0.05) is 36.8 Å². The Morgan fingerprint density at radius 2 is 1.95 bits per heavy atom. The molecular weight excluding hydrogens is 282 g/mol. The minimum Gasteiger partial charge on any atom is -0.383 e. The zero-order valence-electron chi connectivity index (χ0n) is 12.5. The van der Waals surface area contributed by atoms with Crippen LogP contribution in [0.5, 0.6) is 0 Å². The highest BCUT2D eigenvalue weighted by Crippen LogP contribution is 2.48. The van der Waals surface area contributed by atoms with Crippen LogP contribution in [0.2, 0.25) is 0 Å². The van der Waals surface area contributed by atoms with E-state index in [1.54, 1.807) is 12.1 Å². The Labute approximate surface area is 129 Å². The molecule has 6 nitrogen and oxygen atoms in total. The number of hydrogen-bond acceptors (Lipinski definition) is 4. The first kappa shape index (κ1) is 14.8. The Bertz CT molecular complexity index is 558. The highest BCUT2D eigenvalue weighted by molar-refractivity contribution is 5.79. The molecule has 2 fully saturated rings. The molecular formula is C16H21N3O3. The molecule has 2 aliphatic rings. The van der Waals surface area contributed by atoms with Gasteiger partial charge in [-0.1, -0.05) is 6.42 Å². The summed E-state index contributed by atoms with van der Waals surface area (Å²) in [5.41, 5.74) is 0.898. The smallest absolute Gasteiger partial charge is 0.269 e. The van der Waals surface area contributed by atoms with Gasteiger partial charge in [0.25, 0.3) is 5.69 Å². The highest BCUT2D eigenvalue weighted by Gasteiger charge is 2.42. The number of carbonyl (C=O) groups is 1. The van der Waals surface area contributed by atoms with Crippen molar-refractivity contribution in [3.63, 3.8) is 0 Å². The Morgan fingerprint density at radius 3 is 2.55 bits per heavy atom. The van der Waals surface area contributed by atoms with E-state index < -0.39 is 4.92 Å². The van der Waals surface area contributed by atoms with Crippen molar-refractivity contribution in [2.45, 2.75) is 25.7 Å². The molecule has 1 aromatic carbocycles. The molecule has 1 amide bonds. The molecule has 118 valence electrons. The second-order valence-corrected chi connectivity index (χ2v) is 6.30. The van der Waals surface area contributed by atoms with E-state index in [1.165, 1.54) is 31.4 Å². The average molecular weight is 303 g/mol. The summed E-state index contributed by atoms with van der Waals surface area (Å²) >= 11 is 0. The molecule has 0 unspecified atom stereocenters. The van der Waals surface area contributed by atoms with Crippen molar-refractivity contribution in [2.75, 3.05) is 18.4 Å². The quantitative estimate of drug-likeness (QED) is 0.480. The first-order valence-corrected chi connectivity index (χ1v) is 7.89. The molecule has 0 aliphatic heterocycles. The summed E-state index contributed by atoms with van der Waals surface area (Å²) < 4.78 is 0. The van der Waals surface area contributed by atoms with Gasteiger partial charge in [0.15, 0.2) is 0 Å². The van der Waals surface area contributed by atoms with E-state index in [4.69, 9.17) is 0 Å². The second kappa shape index (κ2) is 6.34. The number of nitro benzene ring substituents is 1. The van der Waals surface area contributed by atoms with Gasteiger partial charge in [0.2, 0.25) is 5.91 Å². The maximum Gasteiger partial charge on any atom is 0.269 e. The van der Waals surface area contributed by atoms with E-state index in [2.05, 4.69) is 10.6 Å². The van der Waals surface area contributed by atoms with Crippen LogP contribution in [0.4, 0.5) is 11.4 Å². The highest BCUT2D eigenvalue weighted by atomic mass is 16.6. The van der Waals surface area contributed by atoms with Crippen LogP contribution in [0.25, 0.3) is 0 Å². The summed E-state index contributed by atoms with van der Waals surface area (Å²) in [6, 6.07) is 6.29. The Balaban J connectivity index is 1.38. The van der Waals surface area contributed by atoms with E-state index in [1.807, 2.05) is 0 Å². The largest absolute Gasteiger partial charge is 0.383 e. The molecule has 6 heteroatoms. The van der Waals surface area contributed by atoms with Gasteiger partial charge in [0.05, 0.1) is 4.92 Å². The molecule has 2 saturated carbocycles. The minimum atomic E-state index is -0.417. The molecule has 0 heterocycles. The van der Waals surface area contributed by atoms with Crippen molar-refractivity contribution < 1.29 is 9.72 Å². The van der Waals surface area contributed by atoms with Crippen LogP contribution in [0, 0.1) is 27.9 Å². The lowest BCUT2D eigenvalue weighted by Crippen LogP contribution is -2.36. The third-order valence-corrected chi connectivity index (χ3v) is 4.91. The summed E-state index contributed by atoms with van der Waals surface area (Å²) in [7, 11) is 0. The number of rotatable bonds is 6. The van der Waals surface area contributed by atoms with Crippen LogP contribution >= 0.6 is 0 Å². The number of carbonyl (C=O) groups excluding carboxylic acids is 1. The molecule has 1 aromatic rings. The van der Waals surface area contributed by atoms with Crippen molar-refractivity contribution >= 4 is 17.3 Å². The fourth-order valence-corrected chi connectivity index (χ4v) is 3.79. The van der Waals surface area contributed by atoms with Gasteiger partial charge in [-0.25, -0.2) is 0 Å². The number of anilines is 1. The normalized spacial score (nSPS) is 25.9. The number of amides is 1. The summed E-state index contributed by atoms with van der Waals surface area (Å²) in [5.74, 6) is 1.79. The fourth-order valence-electron chi connectivity index (χ4n) is 3.79. The molecule has 22 heavy (non-hydrogen) atoms.